The van der Waals surface area contributed by atoms with E-state index in [1.165, 1.54) is 11.1 Å². The average Bonchev–Trinajstić information content (AvgIpc) is 2.39. The highest BCUT2D eigenvalue weighted by atomic mass is 79.9. The van der Waals surface area contributed by atoms with E-state index in [-0.39, 0.29) is 11.9 Å². The van der Waals surface area contributed by atoms with Gasteiger partial charge >= 0.3 is 0 Å². The van der Waals surface area contributed by atoms with E-state index in [1.54, 1.807) is 0 Å². The van der Waals surface area contributed by atoms with Gasteiger partial charge < -0.3 is 5.32 Å². The van der Waals surface area contributed by atoms with E-state index in [4.69, 9.17) is 0 Å². The Kier molecular flexibility index (Phi) is 4.61. The summed E-state index contributed by atoms with van der Waals surface area (Å²) >= 11 is 3.37. The monoisotopic (exact) mass is 331 g/mol. The maximum absolute atomic E-state index is 12.2. The average molecular weight is 332 g/mol. The van der Waals surface area contributed by atoms with Crippen LogP contribution in [0.15, 0.2) is 46.9 Å². The van der Waals surface area contributed by atoms with Crippen molar-refractivity contribution in [2.45, 2.75) is 26.8 Å². The molecular weight excluding hydrogens is 314 g/mol. The summed E-state index contributed by atoms with van der Waals surface area (Å²) in [6.07, 6.45) is 0. The Labute approximate surface area is 128 Å². The summed E-state index contributed by atoms with van der Waals surface area (Å²) in [7, 11) is 0. The third-order valence-electron chi connectivity index (χ3n) is 3.35. The van der Waals surface area contributed by atoms with Crippen molar-refractivity contribution in [1.29, 1.82) is 0 Å². The summed E-state index contributed by atoms with van der Waals surface area (Å²) in [6, 6.07) is 13.7. The van der Waals surface area contributed by atoms with Crippen LogP contribution in [0.25, 0.3) is 0 Å². The summed E-state index contributed by atoms with van der Waals surface area (Å²) in [5.41, 5.74) is 4.26. The summed E-state index contributed by atoms with van der Waals surface area (Å²) < 4.78 is 0.969. The molecule has 0 aliphatic carbocycles. The van der Waals surface area contributed by atoms with E-state index in [9.17, 15) is 4.79 Å². The highest BCUT2D eigenvalue weighted by Crippen LogP contribution is 2.19. The van der Waals surface area contributed by atoms with Gasteiger partial charge in [-0.15, -0.1) is 0 Å². The molecule has 0 spiro atoms. The zero-order chi connectivity index (χ0) is 14.7. The van der Waals surface area contributed by atoms with E-state index in [0.717, 1.165) is 10.0 Å². The molecule has 0 aromatic heterocycles. The summed E-state index contributed by atoms with van der Waals surface area (Å²) in [5.74, 6) is -0.0509. The smallest absolute Gasteiger partial charge is 0.251 e. The van der Waals surface area contributed by atoms with Crippen molar-refractivity contribution < 1.29 is 4.79 Å². The molecular formula is C17H18BrNO. The van der Waals surface area contributed by atoms with Gasteiger partial charge in [0.25, 0.3) is 5.91 Å². The van der Waals surface area contributed by atoms with Crippen LogP contribution in [0.5, 0.6) is 0 Å². The molecule has 2 nitrogen and oxygen atoms in total. The molecule has 1 amide bonds. The molecule has 0 aliphatic heterocycles. The second kappa shape index (κ2) is 6.23. The molecule has 0 saturated heterocycles. The molecule has 1 N–H and O–H groups in total. The van der Waals surface area contributed by atoms with Gasteiger partial charge in [-0.1, -0.05) is 39.7 Å². The first kappa shape index (κ1) is 14.8. The number of benzene rings is 2. The fraction of sp³-hybridized carbons (Fsp3) is 0.235. The van der Waals surface area contributed by atoms with E-state index in [0.29, 0.717) is 5.56 Å². The van der Waals surface area contributed by atoms with Crippen LogP contribution in [0.1, 0.15) is 40.0 Å². The molecule has 3 heteroatoms. The molecule has 104 valence electrons. The molecule has 1 atom stereocenters. The Bertz CT molecular complexity index is 619. The van der Waals surface area contributed by atoms with Crippen molar-refractivity contribution in [3.8, 4) is 0 Å². The van der Waals surface area contributed by atoms with Crippen LogP contribution < -0.4 is 5.32 Å². The second-order valence-corrected chi connectivity index (χ2v) is 5.98. The number of rotatable bonds is 3. The lowest BCUT2D eigenvalue weighted by Crippen LogP contribution is -2.27. The van der Waals surface area contributed by atoms with Crippen LogP contribution >= 0.6 is 15.9 Å². The third kappa shape index (κ3) is 3.48. The lowest BCUT2D eigenvalue weighted by atomic mass is 10.00. The van der Waals surface area contributed by atoms with Gasteiger partial charge in [-0.25, -0.2) is 0 Å². The molecule has 2 rings (SSSR count). The standard InChI is InChI=1S/C17H18BrNO/c1-11-4-9-16(12(2)10-11)13(3)19-17(20)14-5-7-15(18)8-6-14/h4-10,13H,1-3H3,(H,19,20). The van der Waals surface area contributed by atoms with Crippen LogP contribution in [-0.4, -0.2) is 5.91 Å². The van der Waals surface area contributed by atoms with Crippen LogP contribution in [0.3, 0.4) is 0 Å². The maximum atomic E-state index is 12.2. The summed E-state index contributed by atoms with van der Waals surface area (Å²) in [5, 5.41) is 3.04. The molecule has 0 bridgehead atoms. The number of amides is 1. The molecule has 0 aliphatic rings. The van der Waals surface area contributed by atoms with Gasteiger partial charge in [-0.3, -0.25) is 4.79 Å². The highest BCUT2D eigenvalue weighted by Gasteiger charge is 2.13. The highest BCUT2D eigenvalue weighted by molar-refractivity contribution is 9.10. The van der Waals surface area contributed by atoms with Gasteiger partial charge in [0, 0.05) is 10.0 Å². The van der Waals surface area contributed by atoms with E-state index >= 15 is 0 Å². The van der Waals surface area contributed by atoms with Crippen LogP contribution in [0.4, 0.5) is 0 Å². The van der Waals surface area contributed by atoms with E-state index in [1.807, 2.05) is 31.2 Å². The number of carbonyl (C=O) groups is 1. The van der Waals surface area contributed by atoms with Gasteiger partial charge in [0.15, 0.2) is 0 Å². The molecule has 0 fully saturated rings. The fourth-order valence-electron chi connectivity index (χ4n) is 2.27. The van der Waals surface area contributed by atoms with Crippen molar-refractivity contribution in [1.82, 2.24) is 5.32 Å². The van der Waals surface area contributed by atoms with E-state index < -0.39 is 0 Å². The second-order valence-electron chi connectivity index (χ2n) is 5.06. The molecule has 2 aromatic carbocycles. The summed E-state index contributed by atoms with van der Waals surface area (Å²) in [4.78, 5) is 12.2. The maximum Gasteiger partial charge on any atom is 0.251 e. The fourth-order valence-corrected chi connectivity index (χ4v) is 2.53. The van der Waals surface area contributed by atoms with Crippen LogP contribution in [-0.2, 0) is 0 Å². The Hall–Kier alpha value is -1.61. The molecule has 0 radical (unpaired) electrons. The Morgan fingerprint density at radius 1 is 1.10 bits per heavy atom. The number of nitrogens with one attached hydrogen (secondary N) is 1. The number of hydrogen-bond donors (Lipinski definition) is 1. The first-order chi connectivity index (χ1) is 9.47. The minimum absolute atomic E-state index is 0.00764. The molecule has 1 unspecified atom stereocenters. The first-order valence-corrected chi connectivity index (χ1v) is 7.40. The zero-order valence-electron chi connectivity index (χ0n) is 11.9. The molecule has 2 aromatic rings. The lowest BCUT2D eigenvalue weighted by Gasteiger charge is -2.17. The topological polar surface area (TPSA) is 29.1 Å². The number of carbonyl (C=O) groups excluding carboxylic acids is 1. The predicted octanol–water partition coefficient (Wildman–Crippen LogP) is 4.56. The van der Waals surface area contributed by atoms with Crippen molar-refractivity contribution >= 4 is 21.8 Å². The SMILES string of the molecule is Cc1ccc(C(C)NC(=O)c2ccc(Br)cc2)c(C)c1. The van der Waals surface area contributed by atoms with Gasteiger partial charge in [0.2, 0.25) is 0 Å². The minimum Gasteiger partial charge on any atom is -0.346 e. The number of halogens is 1. The Balaban J connectivity index is 2.12. The quantitative estimate of drug-likeness (QED) is 0.877. The zero-order valence-corrected chi connectivity index (χ0v) is 13.5. The van der Waals surface area contributed by atoms with Gasteiger partial charge in [-0.05, 0) is 56.2 Å². The lowest BCUT2D eigenvalue weighted by molar-refractivity contribution is 0.0940. The Morgan fingerprint density at radius 3 is 2.35 bits per heavy atom. The first-order valence-electron chi connectivity index (χ1n) is 6.61. The van der Waals surface area contributed by atoms with Gasteiger partial charge in [0.05, 0.1) is 6.04 Å². The Morgan fingerprint density at radius 2 is 1.75 bits per heavy atom. The minimum atomic E-state index is -0.0509. The predicted molar refractivity (Wildman–Crippen MR) is 85.9 cm³/mol. The van der Waals surface area contributed by atoms with Crippen molar-refractivity contribution in [2.75, 3.05) is 0 Å². The van der Waals surface area contributed by atoms with Crippen molar-refractivity contribution in [3.63, 3.8) is 0 Å². The largest absolute Gasteiger partial charge is 0.346 e. The number of hydrogen-bond acceptors (Lipinski definition) is 1. The van der Waals surface area contributed by atoms with E-state index in [2.05, 4.69) is 53.3 Å². The normalized spacial score (nSPS) is 12.0. The van der Waals surface area contributed by atoms with Crippen molar-refractivity contribution in [2.24, 2.45) is 0 Å². The molecule has 0 saturated carbocycles. The van der Waals surface area contributed by atoms with Crippen LogP contribution in [0, 0.1) is 13.8 Å². The third-order valence-corrected chi connectivity index (χ3v) is 3.87. The van der Waals surface area contributed by atoms with Gasteiger partial charge in [0.1, 0.15) is 0 Å². The summed E-state index contributed by atoms with van der Waals surface area (Å²) in [6.45, 7) is 6.15. The van der Waals surface area contributed by atoms with Crippen LogP contribution in [0.2, 0.25) is 0 Å². The van der Waals surface area contributed by atoms with Crippen molar-refractivity contribution in [3.05, 3.63) is 69.2 Å². The number of aryl methyl sites for hydroxylation is 2. The molecule has 20 heavy (non-hydrogen) atoms. The molecule has 0 heterocycles. The van der Waals surface area contributed by atoms with Gasteiger partial charge in [-0.2, -0.15) is 0 Å².